The molecule has 0 unspecified atom stereocenters. The number of carbonyl (C=O) groups excluding carboxylic acids is 1. The molecule has 0 aromatic heterocycles. The Morgan fingerprint density at radius 3 is 2.62 bits per heavy atom. The average molecular weight is 367 g/mol. The van der Waals surface area contributed by atoms with Crippen LogP contribution < -0.4 is 11.1 Å². The van der Waals surface area contributed by atoms with Gasteiger partial charge in [0.15, 0.2) is 0 Å². The van der Waals surface area contributed by atoms with Crippen molar-refractivity contribution in [2.75, 3.05) is 5.32 Å². The minimum Gasteiger partial charge on any atom is -0.389 e. The van der Waals surface area contributed by atoms with Crippen molar-refractivity contribution in [3.05, 3.63) is 63.4 Å². The molecule has 3 N–H and O–H groups in total. The number of halogens is 2. The molecule has 0 saturated heterocycles. The Hall–Kier alpha value is -1.79. The quantitative estimate of drug-likeness (QED) is 0.812. The normalized spacial score (nSPS) is 10.2. The van der Waals surface area contributed by atoms with Gasteiger partial charge in [0.05, 0.1) is 0 Å². The van der Waals surface area contributed by atoms with Crippen molar-refractivity contribution in [3.8, 4) is 0 Å². The average Bonchev–Trinajstić information content (AvgIpc) is 2.43. The molecule has 0 atom stereocenters. The largest absolute Gasteiger partial charge is 0.389 e. The highest BCUT2D eigenvalue weighted by atomic mass is 79.9. The van der Waals surface area contributed by atoms with Crippen LogP contribution in [0.3, 0.4) is 0 Å². The number of anilines is 1. The van der Waals surface area contributed by atoms with E-state index in [1.807, 2.05) is 6.92 Å². The molecule has 0 spiro atoms. The maximum absolute atomic E-state index is 13.5. The van der Waals surface area contributed by atoms with Crippen molar-refractivity contribution < 1.29 is 9.18 Å². The fourth-order valence-electron chi connectivity index (χ4n) is 1.78. The van der Waals surface area contributed by atoms with Crippen LogP contribution in [0.4, 0.5) is 10.1 Å². The van der Waals surface area contributed by atoms with Crippen LogP contribution in [-0.4, -0.2) is 10.9 Å². The minimum absolute atomic E-state index is 0.0527. The van der Waals surface area contributed by atoms with Crippen molar-refractivity contribution in [2.45, 2.75) is 6.92 Å². The summed E-state index contributed by atoms with van der Waals surface area (Å²) in [6, 6.07) is 9.36. The molecule has 2 aromatic carbocycles. The molecule has 0 heterocycles. The van der Waals surface area contributed by atoms with Crippen LogP contribution in [0, 0.1) is 12.7 Å². The van der Waals surface area contributed by atoms with E-state index < -0.39 is 5.82 Å². The number of nitrogens with two attached hydrogens (primary N) is 1. The van der Waals surface area contributed by atoms with Gasteiger partial charge in [-0.05, 0) is 48.9 Å². The smallest absolute Gasteiger partial charge is 0.255 e. The fraction of sp³-hybridized carbons (Fsp3) is 0.0667. The Kier molecular flexibility index (Phi) is 4.69. The molecule has 0 aliphatic rings. The van der Waals surface area contributed by atoms with Gasteiger partial charge in [-0.3, -0.25) is 4.79 Å². The zero-order valence-corrected chi connectivity index (χ0v) is 13.5. The molecule has 6 heteroatoms. The van der Waals surface area contributed by atoms with E-state index in [2.05, 4.69) is 21.2 Å². The van der Waals surface area contributed by atoms with Crippen LogP contribution in [0.2, 0.25) is 0 Å². The van der Waals surface area contributed by atoms with Gasteiger partial charge < -0.3 is 11.1 Å². The summed E-state index contributed by atoms with van der Waals surface area (Å²) >= 11 is 8.14. The van der Waals surface area contributed by atoms with E-state index in [0.29, 0.717) is 11.3 Å². The van der Waals surface area contributed by atoms with Gasteiger partial charge in [-0.25, -0.2) is 4.39 Å². The van der Waals surface area contributed by atoms with Crippen molar-refractivity contribution in [3.63, 3.8) is 0 Å². The molecule has 0 saturated carbocycles. The van der Waals surface area contributed by atoms with E-state index in [0.717, 1.165) is 10.0 Å². The van der Waals surface area contributed by atoms with Gasteiger partial charge >= 0.3 is 0 Å². The van der Waals surface area contributed by atoms with Crippen LogP contribution in [0.25, 0.3) is 0 Å². The number of carbonyl (C=O) groups is 1. The summed E-state index contributed by atoms with van der Waals surface area (Å²) in [6.07, 6.45) is 0. The van der Waals surface area contributed by atoms with E-state index in [9.17, 15) is 9.18 Å². The number of amides is 1. The summed E-state index contributed by atoms with van der Waals surface area (Å²) in [4.78, 5) is 12.1. The zero-order valence-electron chi connectivity index (χ0n) is 11.1. The van der Waals surface area contributed by atoms with Crippen LogP contribution in [0.1, 0.15) is 21.5 Å². The first-order valence-electron chi connectivity index (χ1n) is 6.05. The van der Waals surface area contributed by atoms with Crippen LogP contribution >= 0.6 is 28.1 Å². The summed E-state index contributed by atoms with van der Waals surface area (Å²) in [5, 5.41) is 2.69. The topological polar surface area (TPSA) is 55.1 Å². The zero-order chi connectivity index (χ0) is 15.6. The monoisotopic (exact) mass is 366 g/mol. The van der Waals surface area contributed by atoms with Crippen LogP contribution in [0.15, 0.2) is 40.9 Å². The molecule has 0 radical (unpaired) electrons. The van der Waals surface area contributed by atoms with Crippen molar-refractivity contribution in [1.29, 1.82) is 0 Å². The van der Waals surface area contributed by atoms with Crippen molar-refractivity contribution in [2.24, 2.45) is 5.73 Å². The molecule has 0 fully saturated rings. The highest BCUT2D eigenvalue weighted by Gasteiger charge is 2.10. The Morgan fingerprint density at radius 1 is 1.29 bits per heavy atom. The second kappa shape index (κ2) is 6.32. The fourth-order valence-corrected chi connectivity index (χ4v) is 2.18. The highest BCUT2D eigenvalue weighted by molar-refractivity contribution is 9.10. The van der Waals surface area contributed by atoms with E-state index in [1.165, 1.54) is 18.2 Å². The van der Waals surface area contributed by atoms with Gasteiger partial charge in [0.2, 0.25) is 0 Å². The molecule has 21 heavy (non-hydrogen) atoms. The summed E-state index contributed by atoms with van der Waals surface area (Å²) < 4.78 is 14.4. The van der Waals surface area contributed by atoms with Gasteiger partial charge in [0, 0.05) is 21.3 Å². The number of rotatable bonds is 3. The Labute approximate surface area is 135 Å². The lowest BCUT2D eigenvalue weighted by Gasteiger charge is -2.09. The van der Waals surface area contributed by atoms with E-state index in [4.69, 9.17) is 18.0 Å². The lowest BCUT2D eigenvalue weighted by molar-refractivity contribution is 0.102. The Balaban J connectivity index is 2.25. The number of benzene rings is 2. The molecule has 2 aromatic rings. The van der Waals surface area contributed by atoms with Gasteiger partial charge in [-0.15, -0.1) is 0 Å². The van der Waals surface area contributed by atoms with Crippen LogP contribution in [-0.2, 0) is 0 Å². The SMILES string of the molecule is Cc1cc(C(=O)Nc2ccc(F)c(C(N)=S)c2)ccc1Br. The summed E-state index contributed by atoms with van der Waals surface area (Å²) in [5.74, 6) is -0.800. The molecular weight excluding hydrogens is 355 g/mol. The second-order valence-corrected chi connectivity index (χ2v) is 5.77. The van der Waals surface area contributed by atoms with Crippen molar-refractivity contribution in [1.82, 2.24) is 0 Å². The first-order valence-corrected chi connectivity index (χ1v) is 7.25. The van der Waals surface area contributed by atoms with E-state index in [-0.39, 0.29) is 16.5 Å². The van der Waals surface area contributed by atoms with Crippen molar-refractivity contribution >= 4 is 44.7 Å². The molecule has 2 rings (SSSR count). The summed E-state index contributed by atoms with van der Waals surface area (Å²) in [6.45, 7) is 1.89. The number of nitrogens with one attached hydrogen (secondary N) is 1. The van der Waals surface area contributed by atoms with E-state index >= 15 is 0 Å². The van der Waals surface area contributed by atoms with E-state index in [1.54, 1.807) is 18.2 Å². The predicted octanol–water partition coefficient (Wildman–Crippen LogP) is 3.78. The van der Waals surface area contributed by atoms with Gasteiger partial charge in [-0.2, -0.15) is 0 Å². The molecular formula is C15H12BrFN2OS. The maximum atomic E-state index is 13.5. The minimum atomic E-state index is -0.514. The molecule has 0 bridgehead atoms. The van der Waals surface area contributed by atoms with Gasteiger partial charge in [0.25, 0.3) is 5.91 Å². The second-order valence-electron chi connectivity index (χ2n) is 4.48. The molecule has 3 nitrogen and oxygen atoms in total. The van der Waals surface area contributed by atoms with Gasteiger partial charge in [0.1, 0.15) is 10.8 Å². The molecule has 108 valence electrons. The standard InChI is InChI=1S/C15H12BrFN2OS/c1-8-6-9(2-4-12(8)16)15(20)19-10-3-5-13(17)11(7-10)14(18)21/h2-7H,1H3,(H2,18,21)(H,19,20). The maximum Gasteiger partial charge on any atom is 0.255 e. The highest BCUT2D eigenvalue weighted by Crippen LogP contribution is 2.19. The third-order valence-electron chi connectivity index (χ3n) is 2.91. The molecule has 0 aliphatic carbocycles. The number of hydrogen-bond donors (Lipinski definition) is 2. The summed E-state index contributed by atoms with van der Waals surface area (Å²) in [5.41, 5.74) is 7.44. The number of aryl methyl sites for hydroxylation is 1. The first kappa shape index (κ1) is 15.6. The first-order chi connectivity index (χ1) is 9.88. The lowest BCUT2D eigenvalue weighted by atomic mass is 10.1. The third kappa shape index (κ3) is 3.65. The van der Waals surface area contributed by atoms with Gasteiger partial charge in [-0.1, -0.05) is 28.1 Å². The third-order valence-corrected chi connectivity index (χ3v) is 4.02. The summed E-state index contributed by atoms with van der Waals surface area (Å²) in [7, 11) is 0. The molecule has 1 amide bonds. The lowest BCUT2D eigenvalue weighted by Crippen LogP contribution is -2.15. The molecule has 0 aliphatic heterocycles. The number of hydrogen-bond acceptors (Lipinski definition) is 2. The Morgan fingerprint density at radius 2 is 2.00 bits per heavy atom. The van der Waals surface area contributed by atoms with Crippen LogP contribution in [0.5, 0.6) is 0 Å². The predicted molar refractivity (Wildman–Crippen MR) is 89.1 cm³/mol. The number of thiocarbonyl (C=S) groups is 1. The Bertz CT molecular complexity index is 734.